The van der Waals surface area contributed by atoms with Crippen molar-refractivity contribution in [1.29, 1.82) is 0 Å². The van der Waals surface area contributed by atoms with Gasteiger partial charge < -0.3 is 9.88 Å². The van der Waals surface area contributed by atoms with E-state index in [1.54, 1.807) is 12.1 Å². The maximum atomic E-state index is 13.4. The molecule has 0 spiro atoms. The largest absolute Gasteiger partial charge is 0.343 e. The number of amides is 1. The molecule has 7 nitrogen and oxygen atoms in total. The van der Waals surface area contributed by atoms with E-state index in [9.17, 15) is 22.4 Å². The predicted octanol–water partition coefficient (Wildman–Crippen LogP) is 2.74. The fourth-order valence-corrected chi connectivity index (χ4v) is 5.99. The summed E-state index contributed by atoms with van der Waals surface area (Å²) in [6.07, 6.45) is 2.82. The molecule has 10 heteroatoms. The first-order valence-electron chi connectivity index (χ1n) is 10.1. The second-order valence-electron chi connectivity index (χ2n) is 7.51. The van der Waals surface area contributed by atoms with Crippen LogP contribution in [0.25, 0.3) is 0 Å². The SMILES string of the molecule is O=C(Cn1cc(S(=O)(=O)N2CCCC2)ccc1=O)NC(c1ccc(F)cc1)c1cccs1. The van der Waals surface area contributed by atoms with Gasteiger partial charge in [-0.25, -0.2) is 12.8 Å². The number of carbonyl (C=O) groups is 1. The average Bonchev–Trinajstić information content (AvgIpc) is 3.49. The third kappa shape index (κ3) is 4.82. The number of rotatable bonds is 7. The Hall–Kier alpha value is -2.82. The van der Waals surface area contributed by atoms with E-state index in [-0.39, 0.29) is 17.3 Å². The van der Waals surface area contributed by atoms with Crippen molar-refractivity contribution in [3.8, 4) is 0 Å². The number of carbonyl (C=O) groups excluding carboxylic acids is 1. The molecule has 0 aliphatic carbocycles. The number of benzene rings is 1. The first kappa shape index (κ1) is 22.4. The zero-order chi connectivity index (χ0) is 22.7. The highest BCUT2D eigenvalue weighted by Gasteiger charge is 2.28. The molecule has 1 unspecified atom stereocenters. The van der Waals surface area contributed by atoms with Crippen molar-refractivity contribution in [2.45, 2.75) is 30.3 Å². The van der Waals surface area contributed by atoms with Gasteiger partial charge in [0.1, 0.15) is 12.4 Å². The van der Waals surface area contributed by atoms with E-state index in [1.165, 1.54) is 40.0 Å². The number of hydrogen-bond donors (Lipinski definition) is 1. The Kier molecular flexibility index (Phi) is 6.54. The Morgan fingerprint density at radius 2 is 1.81 bits per heavy atom. The summed E-state index contributed by atoms with van der Waals surface area (Å²) >= 11 is 1.44. The second kappa shape index (κ2) is 9.35. The molecule has 32 heavy (non-hydrogen) atoms. The highest BCUT2D eigenvalue weighted by Crippen LogP contribution is 2.26. The van der Waals surface area contributed by atoms with E-state index in [1.807, 2.05) is 17.5 Å². The number of pyridine rings is 1. The summed E-state index contributed by atoms with van der Waals surface area (Å²) in [5.74, 6) is -0.849. The number of hydrogen-bond acceptors (Lipinski definition) is 5. The van der Waals surface area contributed by atoms with E-state index in [0.717, 1.165) is 28.4 Å². The zero-order valence-corrected chi connectivity index (χ0v) is 18.7. The molecule has 1 N–H and O–H groups in total. The Balaban J connectivity index is 1.56. The van der Waals surface area contributed by atoms with Gasteiger partial charge in [0, 0.05) is 30.2 Å². The van der Waals surface area contributed by atoms with E-state index >= 15 is 0 Å². The van der Waals surface area contributed by atoms with E-state index in [2.05, 4.69) is 5.32 Å². The summed E-state index contributed by atoms with van der Waals surface area (Å²) in [6.45, 7) is 0.551. The topological polar surface area (TPSA) is 88.5 Å². The highest BCUT2D eigenvalue weighted by molar-refractivity contribution is 7.89. The van der Waals surface area contributed by atoms with Crippen molar-refractivity contribution in [1.82, 2.24) is 14.2 Å². The summed E-state index contributed by atoms with van der Waals surface area (Å²) in [7, 11) is -3.71. The van der Waals surface area contributed by atoms with Gasteiger partial charge >= 0.3 is 0 Å². The van der Waals surface area contributed by atoms with Gasteiger partial charge in [0.05, 0.1) is 10.9 Å². The van der Waals surface area contributed by atoms with Crippen LogP contribution in [0.15, 0.2) is 69.8 Å². The van der Waals surface area contributed by atoms with Crippen LogP contribution in [0.4, 0.5) is 4.39 Å². The van der Waals surface area contributed by atoms with Crippen molar-refractivity contribution in [3.63, 3.8) is 0 Å². The molecule has 1 amide bonds. The standard InChI is InChI=1S/C22H22FN3O4S2/c23-17-7-5-16(6-8-17)22(19-4-3-13-31-19)24-20(27)15-25-14-18(9-10-21(25)28)32(29,30)26-11-1-2-12-26/h3-10,13-14,22H,1-2,11-12,15H2,(H,24,27). The summed E-state index contributed by atoms with van der Waals surface area (Å²) in [5, 5.41) is 4.74. The number of thiophene rings is 1. The lowest BCUT2D eigenvalue weighted by atomic mass is 10.1. The van der Waals surface area contributed by atoms with E-state index in [0.29, 0.717) is 18.7 Å². The lowest BCUT2D eigenvalue weighted by Crippen LogP contribution is -2.35. The summed E-state index contributed by atoms with van der Waals surface area (Å²) in [4.78, 5) is 26.0. The van der Waals surface area contributed by atoms with Crippen molar-refractivity contribution < 1.29 is 17.6 Å². The molecule has 1 saturated heterocycles. The highest BCUT2D eigenvalue weighted by atomic mass is 32.2. The van der Waals surface area contributed by atoms with Gasteiger partial charge in [0.15, 0.2) is 0 Å². The first-order chi connectivity index (χ1) is 15.3. The fraction of sp³-hybridized carbons (Fsp3) is 0.273. The molecule has 1 fully saturated rings. The Bertz CT molecular complexity index is 1250. The second-order valence-corrected chi connectivity index (χ2v) is 10.4. The molecular weight excluding hydrogens is 453 g/mol. The van der Waals surface area contributed by atoms with Crippen LogP contribution in [0.1, 0.15) is 29.3 Å². The molecule has 0 bridgehead atoms. The maximum Gasteiger partial charge on any atom is 0.251 e. The molecular formula is C22H22FN3O4S2. The Labute approximate surface area is 189 Å². The molecule has 1 aliphatic rings. The monoisotopic (exact) mass is 475 g/mol. The van der Waals surface area contributed by atoms with Crippen LogP contribution < -0.4 is 10.9 Å². The van der Waals surface area contributed by atoms with Crippen molar-refractivity contribution >= 4 is 27.3 Å². The lowest BCUT2D eigenvalue weighted by Gasteiger charge is -2.19. The molecule has 1 atom stereocenters. The number of halogens is 1. The normalized spacial score (nSPS) is 15.5. The maximum absolute atomic E-state index is 13.4. The summed E-state index contributed by atoms with van der Waals surface area (Å²) in [5.41, 5.74) is 0.217. The quantitative estimate of drug-likeness (QED) is 0.569. The molecule has 3 aromatic rings. The van der Waals surface area contributed by atoms with E-state index < -0.39 is 27.5 Å². The number of nitrogens with one attached hydrogen (secondary N) is 1. The summed E-state index contributed by atoms with van der Waals surface area (Å²) in [6, 6.07) is 11.4. The Morgan fingerprint density at radius 3 is 2.47 bits per heavy atom. The van der Waals surface area contributed by atoms with Crippen molar-refractivity contribution in [3.05, 3.63) is 86.7 Å². The molecule has 0 radical (unpaired) electrons. The van der Waals surface area contributed by atoms with Crippen LogP contribution in [-0.4, -0.2) is 36.3 Å². The fourth-order valence-electron chi connectivity index (χ4n) is 3.65. The van der Waals surface area contributed by atoms with Gasteiger partial charge in [-0.1, -0.05) is 18.2 Å². The predicted molar refractivity (Wildman–Crippen MR) is 119 cm³/mol. The van der Waals surface area contributed by atoms with Gasteiger partial charge in [-0.3, -0.25) is 9.59 Å². The van der Waals surface area contributed by atoms with E-state index in [4.69, 9.17) is 0 Å². The molecule has 2 aromatic heterocycles. The third-order valence-corrected chi connectivity index (χ3v) is 8.13. The van der Waals surface area contributed by atoms with Crippen molar-refractivity contribution in [2.75, 3.05) is 13.1 Å². The van der Waals surface area contributed by atoms with Crippen molar-refractivity contribution in [2.24, 2.45) is 0 Å². The molecule has 1 aliphatic heterocycles. The molecule has 4 rings (SSSR count). The van der Waals surface area contributed by atoms with Gasteiger partial charge in [-0.15, -0.1) is 11.3 Å². The van der Waals surface area contributed by atoms with Crippen LogP contribution >= 0.6 is 11.3 Å². The minimum absolute atomic E-state index is 0.0138. The van der Waals surface area contributed by atoms with Gasteiger partial charge in [-0.05, 0) is 48.1 Å². The number of aromatic nitrogens is 1. The molecule has 0 saturated carbocycles. The number of nitrogens with zero attached hydrogens (tertiary/aromatic N) is 2. The summed E-state index contributed by atoms with van der Waals surface area (Å²) < 4.78 is 41.5. The minimum atomic E-state index is -3.71. The van der Waals surface area contributed by atoms with Gasteiger partial charge in [0.25, 0.3) is 5.56 Å². The lowest BCUT2D eigenvalue weighted by molar-refractivity contribution is -0.122. The average molecular weight is 476 g/mol. The van der Waals surface area contributed by atoms with Crippen LogP contribution in [-0.2, 0) is 21.4 Å². The zero-order valence-electron chi connectivity index (χ0n) is 17.1. The first-order valence-corrected chi connectivity index (χ1v) is 12.5. The van der Waals surface area contributed by atoms with Crippen LogP contribution in [0, 0.1) is 5.82 Å². The van der Waals surface area contributed by atoms with Crippen LogP contribution in [0.5, 0.6) is 0 Å². The smallest absolute Gasteiger partial charge is 0.251 e. The number of sulfonamides is 1. The van der Waals surface area contributed by atoms with Crippen LogP contribution in [0.3, 0.4) is 0 Å². The van der Waals surface area contributed by atoms with Gasteiger partial charge in [0.2, 0.25) is 15.9 Å². The van der Waals surface area contributed by atoms with Gasteiger partial charge in [-0.2, -0.15) is 4.31 Å². The molecule has 1 aromatic carbocycles. The van der Waals surface area contributed by atoms with Crippen LogP contribution in [0.2, 0.25) is 0 Å². The Morgan fingerprint density at radius 1 is 1.09 bits per heavy atom. The molecule has 168 valence electrons. The third-order valence-electron chi connectivity index (χ3n) is 5.31. The molecule has 3 heterocycles. The minimum Gasteiger partial charge on any atom is -0.343 e.